The van der Waals surface area contributed by atoms with Crippen molar-refractivity contribution in [1.82, 2.24) is 5.32 Å². The van der Waals surface area contributed by atoms with Crippen molar-refractivity contribution in [3.8, 4) is 0 Å². The molecule has 3 rings (SSSR count). The highest BCUT2D eigenvalue weighted by molar-refractivity contribution is 5.20. The molecule has 0 spiro atoms. The fraction of sp³-hybridized carbons (Fsp3) is 0.571. The zero-order valence-corrected chi connectivity index (χ0v) is 10.5. The van der Waals surface area contributed by atoms with Crippen LogP contribution >= 0.6 is 0 Å². The minimum Gasteiger partial charge on any atom is -0.387 e. The van der Waals surface area contributed by atoms with Gasteiger partial charge in [-0.2, -0.15) is 0 Å². The van der Waals surface area contributed by atoms with E-state index in [1.54, 1.807) is 0 Å². The smallest absolute Gasteiger partial charge is 0.159 e. The van der Waals surface area contributed by atoms with Gasteiger partial charge in [-0.3, -0.25) is 0 Å². The molecule has 104 valence electrons. The minimum atomic E-state index is -0.931. The van der Waals surface area contributed by atoms with Crippen molar-refractivity contribution in [2.45, 2.75) is 43.6 Å². The maximum Gasteiger partial charge on any atom is 0.159 e. The molecule has 2 aliphatic heterocycles. The van der Waals surface area contributed by atoms with E-state index in [1.165, 1.54) is 6.07 Å². The van der Waals surface area contributed by atoms with Crippen LogP contribution in [0, 0.1) is 11.6 Å². The molecular weight excluding hydrogens is 252 g/mol. The SMILES string of the molecule is OC(CNC1CC2CCC1O2)c1ccc(F)c(F)c1. The largest absolute Gasteiger partial charge is 0.387 e. The van der Waals surface area contributed by atoms with Gasteiger partial charge >= 0.3 is 0 Å². The average Bonchev–Trinajstić information content (AvgIpc) is 3.01. The lowest BCUT2D eigenvalue weighted by Gasteiger charge is -2.22. The van der Waals surface area contributed by atoms with Crippen LogP contribution in [0.5, 0.6) is 0 Å². The van der Waals surface area contributed by atoms with E-state index in [0.29, 0.717) is 18.2 Å². The van der Waals surface area contributed by atoms with Crippen molar-refractivity contribution in [3.05, 3.63) is 35.4 Å². The van der Waals surface area contributed by atoms with E-state index in [4.69, 9.17) is 4.74 Å². The molecule has 2 saturated heterocycles. The lowest BCUT2D eigenvalue weighted by molar-refractivity contribution is 0.0942. The Hall–Kier alpha value is -1.04. The molecule has 0 amide bonds. The van der Waals surface area contributed by atoms with Crippen molar-refractivity contribution < 1.29 is 18.6 Å². The Bertz CT molecular complexity index is 469. The molecule has 2 N–H and O–H groups in total. The van der Waals surface area contributed by atoms with Gasteiger partial charge in [-0.15, -0.1) is 0 Å². The summed E-state index contributed by atoms with van der Waals surface area (Å²) >= 11 is 0. The van der Waals surface area contributed by atoms with Crippen LogP contribution in [0.4, 0.5) is 8.78 Å². The number of nitrogens with one attached hydrogen (secondary N) is 1. The fourth-order valence-corrected chi connectivity index (χ4v) is 2.95. The highest BCUT2D eigenvalue weighted by Gasteiger charge is 2.40. The normalized spacial score (nSPS) is 30.8. The quantitative estimate of drug-likeness (QED) is 0.877. The Morgan fingerprint density at radius 1 is 1.32 bits per heavy atom. The maximum absolute atomic E-state index is 13.1. The van der Waals surface area contributed by atoms with E-state index in [0.717, 1.165) is 31.4 Å². The Morgan fingerprint density at radius 3 is 2.79 bits per heavy atom. The van der Waals surface area contributed by atoms with Crippen LogP contribution in [0.3, 0.4) is 0 Å². The summed E-state index contributed by atoms with van der Waals surface area (Å²) in [5, 5.41) is 13.2. The summed E-state index contributed by atoms with van der Waals surface area (Å²) in [6.45, 7) is 0.322. The van der Waals surface area contributed by atoms with Gasteiger partial charge in [-0.05, 0) is 37.0 Å². The van der Waals surface area contributed by atoms with Gasteiger partial charge in [0.25, 0.3) is 0 Å². The lowest BCUT2D eigenvalue weighted by Crippen LogP contribution is -2.39. The Labute approximate surface area is 110 Å². The van der Waals surface area contributed by atoms with Crippen LogP contribution in [0.15, 0.2) is 18.2 Å². The Morgan fingerprint density at radius 2 is 2.16 bits per heavy atom. The predicted molar refractivity (Wildman–Crippen MR) is 65.6 cm³/mol. The topological polar surface area (TPSA) is 41.5 Å². The first kappa shape index (κ1) is 13.0. The standard InChI is InChI=1S/C14H17F2NO2/c15-10-3-1-8(5-11(10)16)13(18)7-17-12-6-9-2-4-14(12)19-9/h1,3,5,9,12-14,17-18H,2,4,6-7H2. The van der Waals surface area contributed by atoms with Crippen molar-refractivity contribution in [1.29, 1.82) is 0 Å². The van der Waals surface area contributed by atoms with Crippen molar-refractivity contribution in [2.24, 2.45) is 0 Å². The molecule has 0 aromatic heterocycles. The van der Waals surface area contributed by atoms with E-state index < -0.39 is 17.7 Å². The molecule has 0 saturated carbocycles. The zero-order chi connectivity index (χ0) is 13.4. The summed E-state index contributed by atoms with van der Waals surface area (Å²) in [7, 11) is 0. The number of ether oxygens (including phenoxy) is 1. The number of hydrogen-bond donors (Lipinski definition) is 2. The number of aliphatic hydroxyl groups excluding tert-OH is 1. The molecular formula is C14H17F2NO2. The second-order valence-electron chi connectivity index (χ2n) is 5.31. The van der Waals surface area contributed by atoms with E-state index in [1.807, 2.05) is 0 Å². The van der Waals surface area contributed by atoms with Crippen molar-refractivity contribution >= 4 is 0 Å². The molecule has 0 aliphatic carbocycles. The van der Waals surface area contributed by atoms with Crippen LogP contribution in [-0.2, 0) is 4.74 Å². The second kappa shape index (κ2) is 5.15. The van der Waals surface area contributed by atoms with Crippen molar-refractivity contribution in [2.75, 3.05) is 6.54 Å². The van der Waals surface area contributed by atoms with Crippen LogP contribution < -0.4 is 5.32 Å². The van der Waals surface area contributed by atoms with Gasteiger partial charge in [0.05, 0.1) is 18.3 Å². The maximum atomic E-state index is 13.1. The van der Waals surface area contributed by atoms with Crippen LogP contribution in [-0.4, -0.2) is 29.9 Å². The molecule has 2 aliphatic rings. The monoisotopic (exact) mass is 269 g/mol. The lowest BCUT2D eigenvalue weighted by atomic mass is 9.95. The van der Waals surface area contributed by atoms with E-state index in [9.17, 15) is 13.9 Å². The van der Waals surface area contributed by atoms with Gasteiger partial charge in [-0.25, -0.2) is 8.78 Å². The van der Waals surface area contributed by atoms with Gasteiger partial charge in [0.15, 0.2) is 11.6 Å². The third kappa shape index (κ3) is 2.63. The Kier molecular flexibility index (Phi) is 3.52. The highest BCUT2D eigenvalue weighted by atomic mass is 19.2. The van der Waals surface area contributed by atoms with E-state index >= 15 is 0 Å². The van der Waals surface area contributed by atoms with Crippen LogP contribution in [0.1, 0.15) is 30.9 Å². The molecule has 4 unspecified atom stereocenters. The molecule has 2 fully saturated rings. The van der Waals surface area contributed by atoms with E-state index in [2.05, 4.69) is 5.32 Å². The first-order chi connectivity index (χ1) is 9.13. The summed E-state index contributed by atoms with van der Waals surface area (Å²) in [6, 6.07) is 3.74. The van der Waals surface area contributed by atoms with Gasteiger partial charge in [0.2, 0.25) is 0 Å². The van der Waals surface area contributed by atoms with Crippen molar-refractivity contribution in [3.63, 3.8) is 0 Å². The first-order valence-corrected chi connectivity index (χ1v) is 6.65. The minimum absolute atomic E-state index is 0.238. The average molecular weight is 269 g/mol. The summed E-state index contributed by atoms with van der Waals surface area (Å²) in [5.74, 6) is -1.83. The molecule has 2 bridgehead atoms. The molecule has 5 heteroatoms. The third-order valence-corrected chi connectivity index (χ3v) is 4.01. The zero-order valence-electron chi connectivity index (χ0n) is 10.5. The molecule has 1 aromatic carbocycles. The van der Waals surface area contributed by atoms with Gasteiger partial charge < -0.3 is 15.2 Å². The summed E-state index contributed by atoms with van der Waals surface area (Å²) in [4.78, 5) is 0. The third-order valence-electron chi connectivity index (χ3n) is 4.01. The summed E-state index contributed by atoms with van der Waals surface area (Å²) < 4.78 is 31.6. The number of halogens is 2. The second-order valence-corrected chi connectivity index (χ2v) is 5.31. The number of hydrogen-bond acceptors (Lipinski definition) is 3. The van der Waals surface area contributed by atoms with Crippen LogP contribution in [0.25, 0.3) is 0 Å². The molecule has 19 heavy (non-hydrogen) atoms. The van der Waals surface area contributed by atoms with Gasteiger partial charge in [0.1, 0.15) is 0 Å². The predicted octanol–water partition coefficient (Wildman–Crippen LogP) is 1.91. The van der Waals surface area contributed by atoms with E-state index in [-0.39, 0.29) is 12.1 Å². The summed E-state index contributed by atoms with van der Waals surface area (Å²) in [6.07, 6.45) is 2.90. The summed E-state index contributed by atoms with van der Waals surface area (Å²) in [5.41, 5.74) is 0.385. The molecule has 0 radical (unpaired) electrons. The highest BCUT2D eigenvalue weighted by Crippen LogP contribution is 2.34. The van der Waals surface area contributed by atoms with Crippen LogP contribution in [0.2, 0.25) is 0 Å². The first-order valence-electron chi connectivity index (χ1n) is 6.65. The van der Waals surface area contributed by atoms with Gasteiger partial charge in [0, 0.05) is 12.6 Å². The van der Waals surface area contributed by atoms with Gasteiger partial charge in [-0.1, -0.05) is 6.07 Å². The molecule has 2 heterocycles. The molecule has 4 atom stereocenters. The fourth-order valence-electron chi connectivity index (χ4n) is 2.95. The molecule has 3 nitrogen and oxygen atoms in total. The number of fused-ring (bicyclic) bond motifs is 2. The molecule has 1 aromatic rings. The number of rotatable bonds is 4. The number of aliphatic hydroxyl groups is 1. The Balaban J connectivity index is 1.56. The number of benzene rings is 1.